The first kappa shape index (κ1) is 17.7. The van der Waals surface area contributed by atoms with Gasteiger partial charge in [0.05, 0.1) is 10.6 Å². The first-order valence-corrected chi connectivity index (χ1v) is 9.74. The van der Waals surface area contributed by atoms with Gasteiger partial charge < -0.3 is 9.42 Å². The van der Waals surface area contributed by atoms with Gasteiger partial charge in [0, 0.05) is 19.5 Å². The molecule has 0 bridgehead atoms. The maximum Gasteiger partial charge on any atom is 0.322 e. The van der Waals surface area contributed by atoms with Crippen LogP contribution in [0.25, 0.3) is 11.4 Å². The molecule has 0 unspecified atom stereocenters. The summed E-state index contributed by atoms with van der Waals surface area (Å²) in [7, 11) is 0. The summed E-state index contributed by atoms with van der Waals surface area (Å²) in [5.74, 6) is 0.589. The first-order chi connectivity index (χ1) is 13.2. The second-order valence-corrected chi connectivity index (χ2v) is 7.51. The third-order valence-corrected chi connectivity index (χ3v) is 5.39. The van der Waals surface area contributed by atoms with Gasteiger partial charge in [0.15, 0.2) is 0 Å². The van der Waals surface area contributed by atoms with E-state index in [4.69, 9.17) is 4.52 Å². The number of hydrogen-bond donors (Lipinski definition) is 1. The summed E-state index contributed by atoms with van der Waals surface area (Å²) in [6.45, 7) is 1.37. The zero-order valence-corrected chi connectivity index (χ0v) is 15.4. The van der Waals surface area contributed by atoms with Crippen molar-refractivity contribution in [2.75, 3.05) is 18.4 Å². The average Bonchev–Trinajstić information content (AvgIpc) is 3.34. The molecule has 1 aromatic carbocycles. The maximum atomic E-state index is 13.9. The monoisotopic (exact) mass is 386 g/mol. The molecule has 0 spiro atoms. The van der Waals surface area contributed by atoms with Gasteiger partial charge in [-0.15, -0.1) is 11.3 Å². The van der Waals surface area contributed by atoms with Gasteiger partial charge in [0.25, 0.3) is 0 Å². The Morgan fingerprint density at radius 1 is 1.33 bits per heavy atom. The van der Waals surface area contributed by atoms with Crippen LogP contribution in [0.1, 0.15) is 18.7 Å². The van der Waals surface area contributed by atoms with Crippen molar-refractivity contribution in [2.45, 2.75) is 19.3 Å². The molecule has 1 aliphatic heterocycles. The Labute approximate surface area is 160 Å². The second-order valence-electron chi connectivity index (χ2n) is 6.56. The highest BCUT2D eigenvalue weighted by atomic mass is 32.1. The third-order valence-electron chi connectivity index (χ3n) is 4.60. The number of carbonyl (C=O) groups is 1. The summed E-state index contributed by atoms with van der Waals surface area (Å²) in [6, 6.07) is 10.1. The van der Waals surface area contributed by atoms with Crippen LogP contribution in [-0.4, -0.2) is 34.2 Å². The fourth-order valence-electron chi connectivity index (χ4n) is 3.29. The number of urea groups is 1. The van der Waals surface area contributed by atoms with Gasteiger partial charge >= 0.3 is 6.03 Å². The first-order valence-electron chi connectivity index (χ1n) is 8.86. The molecule has 1 fully saturated rings. The van der Waals surface area contributed by atoms with E-state index in [1.165, 1.54) is 17.4 Å². The molecular formula is C19H19FN4O2S. The van der Waals surface area contributed by atoms with E-state index >= 15 is 0 Å². The van der Waals surface area contributed by atoms with Crippen molar-refractivity contribution in [3.05, 3.63) is 53.5 Å². The fourth-order valence-corrected chi connectivity index (χ4v) is 3.89. The van der Waals surface area contributed by atoms with Gasteiger partial charge in [0.2, 0.25) is 11.7 Å². The van der Waals surface area contributed by atoms with Crippen LogP contribution < -0.4 is 5.32 Å². The van der Waals surface area contributed by atoms with E-state index in [0.717, 1.165) is 24.4 Å². The molecule has 3 heterocycles. The van der Waals surface area contributed by atoms with Crippen molar-refractivity contribution in [1.29, 1.82) is 0 Å². The molecule has 4 rings (SSSR count). The van der Waals surface area contributed by atoms with E-state index in [2.05, 4.69) is 15.5 Å². The molecule has 140 valence electrons. The number of likely N-dealkylation sites (tertiary alicyclic amines) is 1. The summed E-state index contributed by atoms with van der Waals surface area (Å²) in [5, 5.41) is 9.59. The number of anilines is 1. The molecule has 1 N–H and O–H groups in total. The Morgan fingerprint density at radius 3 is 3.04 bits per heavy atom. The topological polar surface area (TPSA) is 71.3 Å². The number of nitrogens with zero attached hydrogens (tertiary/aromatic N) is 3. The highest BCUT2D eigenvalue weighted by Crippen LogP contribution is 2.24. The molecule has 3 aromatic rings. The van der Waals surface area contributed by atoms with Gasteiger partial charge in [-0.3, -0.25) is 5.32 Å². The number of rotatable bonds is 4. The number of halogens is 1. The van der Waals surface area contributed by atoms with E-state index < -0.39 is 0 Å². The summed E-state index contributed by atoms with van der Waals surface area (Å²) >= 11 is 1.50. The highest BCUT2D eigenvalue weighted by Gasteiger charge is 2.26. The predicted octanol–water partition coefficient (Wildman–Crippen LogP) is 4.42. The summed E-state index contributed by atoms with van der Waals surface area (Å²) in [6.07, 6.45) is 2.49. The Hall–Kier alpha value is -2.74. The van der Waals surface area contributed by atoms with Gasteiger partial charge in [-0.25, -0.2) is 9.18 Å². The van der Waals surface area contributed by atoms with Crippen molar-refractivity contribution >= 4 is 22.4 Å². The predicted molar refractivity (Wildman–Crippen MR) is 101 cm³/mol. The van der Waals surface area contributed by atoms with Crippen LogP contribution in [0.15, 0.2) is 46.3 Å². The number of carbonyl (C=O) groups excluding carboxylic acids is 1. The van der Waals surface area contributed by atoms with Crippen LogP contribution in [0.5, 0.6) is 0 Å². The summed E-state index contributed by atoms with van der Waals surface area (Å²) in [5.41, 5.74) is 0.327. The molecular weight excluding hydrogens is 367 g/mol. The minimum absolute atomic E-state index is 0.0836. The van der Waals surface area contributed by atoms with Crippen LogP contribution in [0.2, 0.25) is 0 Å². The molecule has 0 radical (unpaired) electrons. The van der Waals surface area contributed by atoms with E-state index in [0.29, 0.717) is 24.4 Å². The van der Waals surface area contributed by atoms with Crippen LogP contribution in [0, 0.1) is 11.7 Å². The van der Waals surface area contributed by atoms with Crippen molar-refractivity contribution < 1.29 is 13.7 Å². The van der Waals surface area contributed by atoms with Crippen molar-refractivity contribution in [1.82, 2.24) is 15.0 Å². The molecule has 1 aliphatic rings. The minimum atomic E-state index is -0.376. The number of piperidine rings is 1. The Balaban J connectivity index is 1.38. The standard InChI is InChI=1S/C19H19FN4O2S/c20-15-7-2-1-6-14(15)18-21-16(26-23-18)11-13-5-3-9-24(12-13)19(25)22-17-8-4-10-27-17/h1-2,4,6-8,10,13H,3,5,9,11-12H2,(H,22,25)/t13-/m1/s1. The lowest BCUT2D eigenvalue weighted by atomic mass is 9.95. The number of benzene rings is 1. The quantitative estimate of drug-likeness (QED) is 0.720. The third kappa shape index (κ3) is 4.16. The van der Waals surface area contributed by atoms with Crippen LogP contribution in [0.3, 0.4) is 0 Å². The smallest absolute Gasteiger partial charge is 0.322 e. The van der Waals surface area contributed by atoms with E-state index in [1.54, 1.807) is 18.2 Å². The molecule has 27 heavy (non-hydrogen) atoms. The van der Waals surface area contributed by atoms with Gasteiger partial charge in [-0.05, 0) is 48.4 Å². The molecule has 1 atom stereocenters. The number of nitrogens with one attached hydrogen (secondary N) is 1. The Kier molecular flexibility index (Phi) is 5.15. The Morgan fingerprint density at radius 2 is 2.22 bits per heavy atom. The number of amides is 2. The Bertz CT molecular complexity index is 912. The van der Waals surface area contributed by atoms with Crippen LogP contribution in [-0.2, 0) is 6.42 Å². The average molecular weight is 386 g/mol. The highest BCUT2D eigenvalue weighted by molar-refractivity contribution is 7.14. The zero-order valence-electron chi connectivity index (χ0n) is 14.6. The number of thiophene rings is 1. The van der Waals surface area contributed by atoms with E-state index in [-0.39, 0.29) is 23.6 Å². The minimum Gasteiger partial charge on any atom is -0.339 e. The van der Waals surface area contributed by atoms with E-state index in [9.17, 15) is 9.18 Å². The summed E-state index contributed by atoms with van der Waals surface area (Å²) < 4.78 is 19.2. The normalized spacial score (nSPS) is 17.1. The molecule has 2 amide bonds. The van der Waals surface area contributed by atoms with Gasteiger partial charge in [-0.1, -0.05) is 17.3 Å². The molecule has 8 heteroatoms. The number of hydrogen-bond acceptors (Lipinski definition) is 5. The fraction of sp³-hybridized carbons (Fsp3) is 0.316. The van der Waals surface area contributed by atoms with Gasteiger partial charge in [-0.2, -0.15) is 4.98 Å². The second kappa shape index (κ2) is 7.87. The van der Waals surface area contributed by atoms with Crippen molar-refractivity contribution in [3.63, 3.8) is 0 Å². The lowest BCUT2D eigenvalue weighted by molar-refractivity contribution is 0.173. The SMILES string of the molecule is O=C(Nc1cccs1)N1CCC[C@H](Cc2nc(-c3ccccc3F)no2)C1. The molecule has 0 aliphatic carbocycles. The largest absolute Gasteiger partial charge is 0.339 e. The van der Waals surface area contributed by atoms with Gasteiger partial charge in [0.1, 0.15) is 5.82 Å². The van der Waals surface area contributed by atoms with Crippen molar-refractivity contribution in [2.24, 2.45) is 5.92 Å². The zero-order chi connectivity index (χ0) is 18.6. The lowest BCUT2D eigenvalue weighted by Gasteiger charge is -2.32. The summed E-state index contributed by atoms with van der Waals surface area (Å²) in [4.78, 5) is 18.6. The molecule has 6 nitrogen and oxygen atoms in total. The van der Waals surface area contributed by atoms with Crippen LogP contribution in [0.4, 0.5) is 14.2 Å². The van der Waals surface area contributed by atoms with Crippen LogP contribution >= 0.6 is 11.3 Å². The van der Waals surface area contributed by atoms with E-state index in [1.807, 2.05) is 22.4 Å². The molecule has 2 aromatic heterocycles. The number of aromatic nitrogens is 2. The molecule has 1 saturated heterocycles. The lowest BCUT2D eigenvalue weighted by Crippen LogP contribution is -2.42. The molecule has 0 saturated carbocycles. The maximum absolute atomic E-state index is 13.9. The van der Waals surface area contributed by atoms with Crippen molar-refractivity contribution in [3.8, 4) is 11.4 Å².